The van der Waals surface area contributed by atoms with Crippen molar-refractivity contribution in [3.05, 3.63) is 99.4 Å². The van der Waals surface area contributed by atoms with Gasteiger partial charge in [-0.3, -0.25) is 39.0 Å². The standard InChI is InChI=1S/C20H24N4O2.C14H11BrN4O2.C6H11O2.BrH.Zn/c1-4-26-19(25)7-5-6-14-11-16-18(12-17(14)21)24(3)23-20(16)15-8-9-22-13(2)10-15;1-8-5-9(3-4-16-8)14-10-6-11(15)13(19(20)21)7-12(10)18(2)17-14;1-3-5-6(7)8-4-2;;/h8-12H,4-7,21H2,1-3H3;3-7H,1-2H3;1,3-5H2,2H3;1H;/q;;-1;;+2/p-1. The molecule has 0 bridgehead atoms. The molecule has 0 fully saturated rings. The van der Waals surface area contributed by atoms with Crippen LogP contribution in [0.25, 0.3) is 44.3 Å². The molecule has 57 heavy (non-hydrogen) atoms. The minimum atomic E-state index is -0.410. The van der Waals surface area contributed by atoms with Crippen LogP contribution in [0.5, 0.6) is 0 Å². The van der Waals surface area contributed by atoms with Crippen LogP contribution in [-0.4, -0.2) is 59.6 Å². The van der Waals surface area contributed by atoms with Gasteiger partial charge in [-0.05, 0) is 104 Å². The molecule has 17 heteroatoms. The second-order valence-electron chi connectivity index (χ2n) is 12.5. The summed E-state index contributed by atoms with van der Waals surface area (Å²) in [6, 6.07) is 15.1. The number of hydrogen-bond donors (Lipinski definition) is 1. The number of nitrogens with zero attached hydrogens (tertiary/aromatic N) is 7. The summed E-state index contributed by atoms with van der Waals surface area (Å²) in [7, 11) is 3.69. The van der Waals surface area contributed by atoms with Crippen LogP contribution in [0.3, 0.4) is 0 Å². The molecule has 0 saturated heterocycles. The van der Waals surface area contributed by atoms with Crippen LogP contribution in [0.15, 0.2) is 65.4 Å². The van der Waals surface area contributed by atoms with Gasteiger partial charge in [-0.2, -0.15) is 16.6 Å². The summed E-state index contributed by atoms with van der Waals surface area (Å²) in [5, 5.41) is 22.1. The number of ether oxygens (including phenoxy) is 2. The number of esters is 2. The normalized spacial score (nSPS) is 10.4. The van der Waals surface area contributed by atoms with Crippen molar-refractivity contribution in [3.63, 3.8) is 0 Å². The van der Waals surface area contributed by atoms with Crippen molar-refractivity contribution in [2.24, 2.45) is 14.1 Å². The summed E-state index contributed by atoms with van der Waals surface area (Å²) in [5.41, 5.74) is 15.2. The molecular weight excluding hydrogens is 914 g/mol. The molecule has 4 aromatic heterocycles. The van der Waals surface area contributed by atoms with E-state index >= 15 is 0 Å². The summed E-state index contributed by atoms with van der Waals surface area (Å²) in [4.78, 5) is 41.0. The van der Waals surface area contributed by atoms with Crippen LogP contribution in [0.1, 0.15) is 56.5 Å². The van der Waals surface area contributed by atoms with Gasteiger partial charge in [0.05, 0.1) is 33.6 Å². The van der Waals surface area contributed by atoms with E-state index in [1.54, 1.807) is 37.1 Å². The van der Waals surface area contributed by atoms with Crippen LogP contribution in [0.4, 0.5) is 11.4 Å². The molecule has 0 spiro atoms. The second kappa shape index (κ2) is 23.0. The molecular formula is C40H46Br2N8O6Zn. The summed E-state index contributed by atoms with van der Waals surface area (Å²) in [6.07, 6.45) is 6.42. The summed E-state index contributed by atoms with van der Waals surface area (Å²) in [6.45, 7) is 11.9. The molecule has 0 amide bonds. The first-order valence-electron chi connectivity index (χ1n) is 18.1. The number of carbonyl (C=O) groups excluding carboxylic acids is 2. The first-order chi connectivity index (χ1) is 27.3. The third-order valence-electron chi connectivity index (χ3n) is 8.39. The average Bonchev–Trinajstić information content (AvgIpc) is 3.67. The molecule has 0 radical (unpaired) electrons. The van der Waals surface area contributed by atoms with Crippen LogP contribution in [0.2, 0.25) is 0 Å². The molecule has 2 aromatic carbocycles. The first kappa shape index (κ1) is 46.8. The van der Waals surface area contributed by atoms with E-state index in [0.717, 1.165) is 73.4 Å². The van der Waals surface area contributed by atoms with Crippen molar-refractivity contribution in [1.82, 2.24) is 29.5 Å². The quantitative estimate of drug-likeness (QED) is 0.0327. The third kappa shape index (κ3) is 13.0. The van der Waals surface area contributed by atoms with E-state index in [4.69, 9.17) is 10.5 Å². The first-order valence-corrected chi connectivity index (χ1v) is 25.8. The number of benzene rings is 2. The Morgan fingerprint density at radius 1 is 0.842 bits per heavy atom. The Labute approximate surface area is 357 Å². The van der Waals surface area contributed by atoms with E-state index in [2.05, 4.69) is 67.4 Å². The van der Waals surface area contributed by atoms with Gasteiger partial charge >= 0.3 is 41.9 Å². The van der Waals surface area contributed by atoms with E-state index in [0.29, 0.717) is 43.4 Å². The van der Waals surface area contributed by atoms with Gasteiger partial charge < -0.3 is 22.1 Å². The Morgan fingerprint density at radius 3 is 1.81 bits per heavy atom. The number of hydrogen-bond acceptors (Lipinski definition) is 11. The van der Waals surface area contributed by atoms with Gasteiger partial charge in [-0.25, -0.2) is 0 Å². The SMILES string of the molecule is CCOC(=O)CCCc1cc2c(-c3ccnc(C)c3)nn(C)c2cc1N.Cc1cc(-c2nn(C)c3cc([N+](=O)[O-])c(Br)cc23)ccn1.[CH2-]CCC(=O)OCC.[Zn+][Br]. The Hall–Kier alpha value is -4.60. The zero-order chi connectivity index (χ0) is 42.2. The second-order valence-corrected chi connectivity index (χ2v) is 13.4. The van der Waals surface area contributed by atoms with Crippen LogP contribution >= 0.6 is 29.6 Å². The Morgan fingerprint density at radius 2 is 1.33 bits per heavy atom. The zero-order valence-electron chi connectivity index (χ0n) is 33.1. The van der Waals surface area contributed by atoms with Gasteiger partial charge in [0, 0.05) is 84.4 Å². The Kier molecular flexibility index (Phi) is 18.9. The molecule has 0 unspecified atom stereocenters. The van der Waals surface area contributed by atoms with E-state index in [1.165, 1.54) is 22.4 Å². The van der Waals surface area contributed by atoms with Crippen LogP contribution in [-0.2, 0) is 55.9 Å². The molecule has 298 valence electrons. The monoisotopic (exact) mass is 956 g/mol. The van der Waals surface area contributed by atoms with Crippen molar-refractivity contribution in [2.45, 2.75) is 59.8 Å². The summed E-state index contributed by atoms with van der Waals surface area (Å²) < 4.78 is 13.5. The van der Waals surface area contributed by atoms with E-state index in [9.17, 15) is 19.7 Å². The van der Waals surface area contributed by atoms with Gasteiger partial charge in [0.25, 0.3) is 5.69 Å². The fraction of sp³-hybridized carbons (Fsp3) is 0.325. The van der Waals surface area contributed by atoms with Gasteiger partial charge in [0.2, 0.25) is 0 Å². The van der Waals surface area contributed by atoms with Gasteiger partial charge in [0.1, 0.15) is 11.4 Å². The Balaban J connectivity index is 0.000000251. The molecule has 2 N–H and O–H groups in total. The molecule has 0 aliphatic rings. The van der Waals surface area contributed by atoms with Crippen molar-refractivity contribution in [3.8, 4) is 22.5 Å². The molecule has 4 heterocycles. The van der Waals surface area contributed by atoms with Gasteiger partial charge in [-0.1, -0.05) is 0 Å². The summed E-state index contributed by atoms with van der Waals surface area (Å²) in [5.74, 6) is -0.316. The number of fused-ring (bicyclic) bond motifs is 2. The molecule has 0 aliphatic heterocycles. The Bertz CT molecular complexity index is 2310. The van der Waals surface area contributed by atoms with E-state index in [-0.39, 0.29) is 17.6 Å². The van der Waals surface area contributed by atoms with Gasteiger partial charge in [0.15, 0.2) is 0 Å². The zero-order valence-corrected chi connectivity index (χ0v) is 39.2. The number of rotatable bonds is 11. The number of anilines is 1. The van der Waals surface area contributed by atoms with Crippen LogP contribution < -0.4 is 5.73 Å². The molecule has 0 atom stereocenters. The van der Waals surface area contributed by atoms with Crippen molar-refractivity contribution in [1.29, 1.82) is 0 Å². The third-order valence-corrected chi connectivity index (χ3v) is 9.02. The number of aromatic nitrogens is 6. The number of carbonyl (C=O) groups is 2. The maximum atomic E-state index is 11.5. The number of nitro groups is 1. The molecule has 14 nitrogen and oxygen atoms in total. The molecule has 0 saturated carbocycles. The number of nitrogens with two attached hydrogens (primary N) is 1. The topological polar surface area (TPSA) is 183 Å². The molecule has 6 rings (SSSR count). The van der Waals surface area contributed by atoms with Crippen molar-refractivity contribution in [2.75, 3.05) is 18.9 Å². The van der Waals surface area contributed by atoms with Crippen molar-refractivity contribution >= 4 is 74.7 Å². The predicted octanol–water partition coefficient (Wildman–Crippen LogP) is 9.03. The molecule has 6 aromatic rings. The maximum absolute atomic E-state index is 11.5. The molecule has 0 aliphatic carbocycles. The van der Waals surface area contributed by atoms with E-state index < -0.39 is 4.92 Å². The number of pyridine rings is 2. The number of nitro benzene ring substituents is 1. The minimum absolute atomic E-state index is 0.0305. The average molecular weight is 960 g/mol. The fourth-order valence-electron chi connectivity index (χ4n) is 5.83. The van der Waals surface area contributed by atoms with Gasteiger partial charge in [-0.15, -0.1) is 0 Å². The predicted molar refractivity (Wildman–Crippen MR) is 226 cm³/mol. The number of nitrogen functional groups attached to an aromatic ring is 1. The van der Waals surface area contributed by atoms with E-state index in [1.807, 2.05) is 62.8 Å². The van der Waals surface area contributed by atoms with Crippen molar-refractivity contribution < 1.29 is 40.3 Å². The summed E-state index contributed by atoms with van der Waals surface area (Å²) >= 11 is 7.51. The number of aryl methyl sites for hydroxylation is 5. The number of halogens is 2. The fourth-order valence-corrected chi connectivity index (χ4v) is 6.32. The van der Waals surface area contributed by atoms with Crippen LogP contribution in [0, 0.1) is 30.9 Å².